The van der Waals surface area contributed by atoms with Crippen LogP contribution in [0.25, 0.3) is 0 Å². The van der Waals surface area contributed by atoms with E-state index in [1.807, 2.05) is 13.0 Å². The molecule has 0 heterocycles. The lowest BCUT2D eigenvalue weighted by atomic mass is 9.46. The number of carbonyl (C=O) groups is 4. The fourth-order valence-electron chi connectivity index (χ4n) is 7.34. The van der Waals surface area contributed by atoms with Gasteiger partial charge in [-0.15, -0.1) is 0 Å². The molecular formula is C25H32O8. The van der Waals surface area contributed by atoms with Crippen molar-refractivity contribution in [3.8, 4) is 0 Å². The van der Waals surface area contributed by atoms with Crippen LogP contribution < -0.4 is 0 Å². The van der Waals surface area contributed by atoms with Gasteiger partial charge in [0.1, 0.15) is 5.60 Å². The number of fused-ring (bicyclic) bond motifs is 5. The van der Waals surface area contributed by atoms with E-state index in [1.165, 1.54) is 0 Å². The molecule has 4 aliphatic carbocycles. The number of carboxylic acid groups (broad SMARTS) is 1. The standard InChI is InChI=1S/C25H32O8/c1-23-9-7-15(26)11-14(23)3-4-16-17-8-10-25(32,24(17,2)12-18(27)22(16)23)19(28)13-33-21(31)6-5-20(29)30/h7,9,11,16-18,22,27,32H,3-6,8,10,12-13H2,1-2H3,(H,29,30)/t16-,17-,18-,22-,23-,24-,25-/m0/s1. The molecule has 33 heavy (non-hydrogen) atoms. The minimum Gasteiger partial charge on any atom is -0.481 e. The van der Waals surface area contributed by atoms with E-state index in [9.17, 15) is 29.4 Å². The molecule has 4 rings (SSSR count). The van der Waals surface area contributed by atoms with Gasteiger partial charge in [0.15, 0.2) is 12.4 Å². The normalized spacial score (nSPS) is 41.5. The Labute approximate surface area is 192 Å². The summed E-state index contributed by atoms with van der Waals surface area (Å²) < 4.78 is 4.96. The topological polar surface area (TPSA) is 138 Å². The molecule has 3 fully saturated rings. The Morgan fingerprint density at radius 2 is 1.91 bits per heavy atom. The number of Topliss-reactive ketones (excluding diaryl/α,β-unsaturated/α-hetero) is 1. The van der Waals surface area contributed by atoms with Gasteiger partial charge >= 0.3 is 11.9 Å². The third-order valence-corrected chi connectivity index (χ3v) is 9.02. The molecule has 3 N–H and O–H groups in total. The van der Waals surface area contributed by atoms with E-state index in [0.29, 0.717) is 6.42 Å². The average molecular weight is 461 g/mol. The number of ketones is 2. The molecule has 180 valence electrons. The average Bonchev–Trinajstić information content (AvgIpc) is 3.02. The van der Waals surface area contributed by atoms with Gasteiger partial charge in [-0.05, 0) is 56.1 Å². The predicted octanol–water partition coefficient (Wildman–Crippen LogP) is 1.97. The highest BCUT2D eigenvalue weighted by molar-refractivity contribution is 6.01. The lowest BCUT2D eigenvalue weighted by Crippen LogP contribution is -2.61. The summed E-state index contributed by atoms with van der Waals surface area (Å²) >= 11 is 0. The van der Waals surface area contributed by atoms with E-state index in [-0.39, 0.29) is 49.2 Å². The van der Waals surface area contributed by atoms with Crippen LogP contribution in [0.4, 0.5) is 0 Å². The molecule has 3 saturated carbocycles. The Morgan fingerprint density at radius 1 is 1.18 bits per heavy atom. The maximum Gasteiger partial charge on any atom is 0.306 e. The zero-order valence-electron chi connectivity index (χ0n) is 19.1. The van der Waals surface area contributed by atoms with Gasteiger partial charge in [0.05, 0.1) is 18.9 Å². The molecule has 0 radical (unpaired) electrons. The second-order valence-corrected chi connectivity index (χ2v) is 10.6. The van der Waals surface area contributed by atoms with E-state index in [0.717, 1.165) is 18.4 Å². The lowest BCUT2D eigenvalue weighted by Gasteiger charge is -2.59. The highest BCUT2D eigenvalue weighted by Gasteiger charge is 2.68. The molecule has 0 saturated heterocycles. The molecule has 0 bridgehead atoms. The number of hydrogen-bond acceptors (Lipinski definition) is 7. The number of esters is 1. The second kappa shape index (κ2) is 8.17. The summed E-state index contributed by atoms with van der Waals surface area (Å²) in [4.78, 5) is 47.4. The fraction of sp³-hybridized carbons (Fsp3) is 0.680. The monoisotopic (exact) mass is 460 g/mol. The van der Waals surface area contributed by atoms with Crippen LogP contribution in [0.3, 0.4) is 0 Å². The van der Waals surface area contributed by atoms with E-state index in [2.05, 4.69) is 6.92 Å². The Bertz CT molecular complexity index is 950. The van der Waals surface area contributed by atoms with Crippen molar-refractivity contribution in [2.45, 2.75) is 70.5 Å². The van der Waals surface area contributed by atoms with Crippen LogP contribution in [0.5, 0.6) is 0 Å². The Morgan fingerprint density at radius 3 is 2.61 bits per heavy atom. The molecule has 7 atom stereocenters. The van der Waals surface area contributed by atoms with Gasteiger partial charge in [-0.25, -0.2) is 0 Å². The molecule has 0 aromatic carbocycles. The van der Waals surface area contributed by atoms with Crippen LogP contribution >= 0.6 is 0 Å². The van der Waals surface area contributed by atoms with Crippen molar-refractivity contribution in [2.75, 3.05) is 6.61 Å². The summed E-state index contributed by atoms with van der Waals surface area (Å²) in [5.41, 5.74) is -1.99. The smallest absolute Gasteiger partial charge is 0.306 e. The molecule has 0 spiro atoms. The van der Waals surface area contributed by atoms with Gasteiger partial charge in [-0.3, -0.25) is 19.2 Å². The first-order valence-corrected chi connectivity index (χ1v) is 11.7. The largest absolute Gasteiger partial charge is 0.481 e. The first-order chi connectivity index (χ1) is 15.4. The van der Waals surface area contributed by atoms with Crippen LogP contribution in [0.1, 0.15) is 58.8 Å². The van der Waals surface area contributed by atoms with Crippen molar-refractivity contribution in [3.63, 3.8) is 0 Å². The van der Waals surface area contributed by atoms with Crippen LogP contribution in [0.15, 0.2) is 23.8 Å². The number of aliphatic carboxylic acids is 1. The van der Waals surface area contributed by atoms with Gasteiger partial charge in [-0.1, -0.05) is 25.5 Å². The Kier molecular flexibility index (Phi) is 5.90. The highest BCUT2D eigenvalue weighted by Crippen LogP contribution is 2.67. The molecule has 8 heteroatoms. The minimum absolute atomic E-state index is 0.00645. The maximum absolute atomic E-state index is 13.1. The Hall–Kier alpha value is -2.32. The van der Waals surface area contributed by atoms with Crippen LogP contribution in [0.2, 0.25) is 0 Å². The van der Waals surface area contributed by atoms with E-state index >= 15 is 0 Å². The SMILES string of the molecule is C[C@]12C=CC(=O)C=C1CC[C@@H]1[C@H]2[C@@H](O)C[C@@]2(C)[C@H]1CC[C@]2(O)C(=O)COC(=O)CCC(=O)O. The van der Waals surface area contributed by atoms with Crippen molar-refractivity contribution < 1.29 is 39.2 Å². The van der Waals surface area contributed by atoms with Crippen LogP contribution in [-0.2, 0) is 23.9 Å². The van der Waals surface area contributed by atoms with Gasteiger partial charge < -0.3 is 20.1 Å². The molecular weight excluding hydrogens is 428 g/mol. The number of carboxylic acids is 1. The fourth-order valence-corrected chi connectivity index (χ4v) is 7.34. The molecule has 0 unspecified atom stereocenters. The molecule has 4 aliphatic rings. The van der Waals surface area contributed by atoms with Crippen LogP contribution in [0, 0.1) is 28.6 Å². The molecule has 0 aliphatic heterocycles. The van der Waals surface area contributed by atoms with E-state index < -0.39 is 46.9 Å². The summed E-state index contributed by atoms with van der Waals surface area (Å²) in [5.74, 6) is -2.58. The molecule has 0 amide bonds. The first-order valence-electron chi connectivity index (χ1n) is 11.7. The quantitative estimate of drug-likeness (QED) is 0.512. The van der Waals surface area contributed by atoms with E-state index in [4.69, 9.17) is 9.84 Å². The summed E-state index contributed by atoms with van der Waals surface area (Å²) in [6.07, 6.45) is 6.27. The summed E-state index contributed by atoms with van der Waals surface area (Å²) in [5, 5.41) is 31.6. The van der Waals surface area contributed by atoms with Crippen molar-refractivity contribution in [3.05, 3.63) is 23.8 Å². The number of aliphatic hydroxyl groups is 2. The number of aliphatic hydroxyl groups excluding tert-OH is 1. The van der Waals surface area contributed by atoms with Gasteiger partial charge in [0.25, 0.3) is 0 Å². The van der Waals surface area contributed by atoms with Crippen LogP contribution in [-0.4, -0.2) is 57.1 Å². The minimum atomic E-state index is -1.73. The zero-order valence-corrected chi connectivity index (χ0v) is 19.1. The first kappa shape index (κ1) is 23.8. The van der Waals surface area contributed by atoms with Gasteiger partial charge in [0, 0.05) is 16.7 Å². The zero-order chi connectivity index (χ0) is 24.2. The van der Waals surface area contributed by atoms with Crippen molar-refractivity contribution in [1.82, 2.24) is 0 Å². The van der Waals surface area contributed by atoms with Gasteiger partial charge in [0.2, 0.25) is 5.78 Å². The molecule has 0 aromatic heterocycles. The lowest BCUT2D eigenvalue weighted by molar-refractivity contribution is -0.181. The molecule has 0 aromatic rings. The number of rotatable bonds is 6. The second-order valence-electron chi connectivity index (χ2n) is 10.6. The predicted molar refractivity (Wildman–Crippen MR) is 116 cm³/mol. The van der Waals surface area contributed by atoms with Crippen molar-refractivity contribution in [2.24, 2.45) is 28.6 Å². The molecule has 8 nitrogen and oxygen atoms in total. The summed E-state index contributed by atoms with van der Waals surface area (Å²) in [7, 11) is 0. The number of carbonyl (C=O) groups excluding carboxylic acids is 3. The maximum atomic E-state index is 13.1. The highest BCUT2D eigenvalue weighted by atomic mass is 16.5. The summed E-state index contributed by atoms with van der Waals surface area (Å²) in [6.45, 7) is 3.30. The number of ether oxygens (including phenoxy) is 1. The van der Waals surface area contributed by atoms with Crippen molar-refractivity contribution in [1.29, 1.82) is 0 Å². The number of hydrogen-bond donors (Lipinski definition) is 3. The van der Waals surface area contributed by atoms with E-state index in [1.54, 1.807) is 12.2 Å². The third-order valence-electron chi connectivity index (χ3n) is 9.02. The van der Waals surface area contributed by atoms with Gasteiger partial charge in [-0.2, -0.15) is 0 Å². The van der Waals surface area contributed by atoms with Crippen molar-refractivity contribution >= 4 is 23.5 Å². The third kappa shape index (κ3) is 3.67. The summed E-state index contributed by atoms with van der Waals surface area (Å²) in [6, 6.07) is 0. The number of allylic oxidation sites excluding steroid dienone is 4. The Balaban J connectivity index is 1.53.